The second-order valence-electron chi connectivity index (χ2n) is 4.17. The normalized spacial score (nSPS) is 12.9. The maximum Gasteiger partial charge on any atom is 0.265 e. The molecule has 102 valence electrons. The Kier molecular flexibility index (Phi) is 5.21. The summed E-state index contributed by atoms with van der Waals surface area (Å²) in [7, 11) is 1.73. The van der Waals surface area contributed by atoms with E-state index in [1.807, 2.05) is 13.8 Å². The molecular weight excluding hydrogens is 242 g/mol. The Bertz CT molecular complexity index is 387. The van der Waals surface area contributed by atoms with Crippen molar-refractivity contribution in [2.45, 2.75) is 32.3 Å². The summed E-state index contributed by atoms with van der Waals surface area (Å²) in [6.07, 6.45) is -3.14. The van der Waals surface area contributed by atoms with Crippen molar-refractivity contribution in [2.75, 3.05) is 24.2 Å². The molecule has 5 nitrogen and oxygen atoms in total. The van der Waals surface area contributed by atoms with E-state index in [4.69, 9.17) is 5.11 Å². The fourth-order valence-electron chi connectivity index (χ4n) is 1.57. The number of aromatic nitrogens is 2. The monoisotopic (exact) mass is 260 g/mol. The number of rotatable bonds is 6. The van der Waals surface area contributed by atoms with Gasteiger partial charge in [-0.3, -0.25) is 0 Å². The van der Waals surface area contributed by atoms with Crippen LogP contribution in [0.25, 0.3) is 0 Å². The molecule has 0 aliphatic rings. The summed E-state index contributed by atoms with van der Waals surface area (Å²) in [4.78, 5) is 8.09. The Morgan fingerprint density at radius 3 is 2.39 bits per heavy atom. The molecule has 0 saturated heterocycles. The van der Waals surface area contributed by atoms with Crippen molar-refractivity contribution < 1.29 is 13.9 Å². The second-order valence-corrected chi connectivity index (χ2v) is 4.17. The Balaban J connectivity index is 2.88. The number of halogens is 2. The first-order chi connectivity index (χ1) is 8.47. The lowest BCUT2D eigenvalue weighted by molar-refractivity contribution is 0.00379. The number of nitrogens with one attached hydrogen (secondary N) is 2. The third-order valence-corrected chi connectivity index (χ3v) is 2.47. The number of anilines is 2. The van der Waals surface area contributed by atoms with Crippen molar-refractivity contribution in [1.82, 2.24) is 9.97 Å². The first-order valence-electron chi connectivity index (χ1n) is 5.70. The van der Waals surface area contributed by atoms with Gasteiger partial charge in [-0.1, -0.05) is 13.8 Å². The van der Waals surface area contributed by atoms with Crippen LogP contribution in [0.1, 0.15) is 25.3 Å². The van der Waals surface area contributed by atoms with Crippen molar-refractivity contribution in [3.8, 4) is 0 Å². The number of nitrogens with zero attached hydrogens (tertiary/aromatic N) is 2. The molecule has 7 heteroatoms. The molecule has 0 fully saturated rings. The molecule has 18 heavy (non-hydrogen) atoms. The fourth-order valence-corrected chi connectivity index (χ4v) is 1.57. The standard InChI is InChI=1S/C11H18F2N4O/c1-6(2)8-10(14-3)16-5-17-11(8)15-4-7(18)9(12)13/h5-7,9,18H,4H2,1-3H3,(H2,14,15,16,17). The van der Waals surface area contributed by atoms with Gasteiger partial charge in [-0.25, -0.2) is 18.7 Å². The molecule has 0 aliphatic carbocycles. The van der Waals surface area contributed by atoms with Gasteiger partial charge in [0.2, 0.25) is 0 Å². The quantitative estimate of drug-likeness (QED) is 0.726. The maximum absolute atomic E-state index is 12.2. The van der Waals surface area contributed by atoms with Crippen LogP contribution in [0.3, 0.4) is 0 Å². The van der Waals surface area contributed by atoms with Crippen LogP contribution in [0.2, 0.25) is 0 Å². The summed E-state index contributed by atoms with van der Waals surface area (Å²) in [5, 5.41) is 14.7. The van der Waals surface area contributed by atoms with Crippen molar-refractivity contribution in [2.24, 2.45) is 0 Å². The molecule has 0 spiro atoms. The van der Waals surface area contributed by atoms with Crippen molar-refractivity contribution in [3.63, 3.8) is 0 Å². The molecule has 0 aliphatic heterocycles. The Morgan fingerprint density at radius 2 is 1.89 bits per heavy atom. The van der Waals surface area contributed by atoms with E-state index in [2.05, 4.69) is 20.6 Å². The highest BCUT2D eigenvalue weighted by Crippen LogP contribution is 2.27. The van der Waals surface area contributed by atoms with E-state index in [1.165, 1.54) is 6.33 Å². The van der Waals surface area contributed by atoms with Crippen LogP contribution in [0.15, 0.2) is 6.33 Å². The van der Waals surface area contributed by atoms with Gasteiger partial charge in [0.05, 0.1) is 0 Å². The molecule has 0 radical (unpaired) electrons. The lowest BCUT2D eigenvalue weighted by Gasteiger charge is -2.18. The zero-order valence-corrected chi connectivity index (χ0v) is 10.6. The molecule has 1 rings (SSSR count). The fraction of sp³-hybridized carbons (Fsp3) is 0.636. The van der Waals surface area contributed by atoms with Gasteiger partial charge >= 0.3 is 0 Å². The topological polar surface area (TPSA) is 70.1 Å². The molecule has 1 unspecified atom stereocenters. The predicted molar refractivity (Wildman–Crippen MR) is 66.2 cm³/mol. The highest BCUT2D eigenvalue weighted by Gasteiger charge is 2.19. The predicted octanol–water partition coefficient (Wildman–Crippen LogP) is 1.68. The smallest absolute Gasteiger partial charge is 0.265 e. The molecule has 1 atom stereocenters. The van der Waals surface area contributed by atoms with Crippen LogP contribution in [0.5, 0.6) is 0 Å². The maximum atomic E-state index is 12.2. The lowest BCUT2D eigenvalue weighted by Crippen LogP contribution is -2.27. The zero-order chi connectivity index (χ0) is 13.7. The third kappa shape index (κ3) is 3.49. The average molecular weight is 260 g/mol. The molecule has 0 amide bonds. The summed E-state index contributed by atoms with van der Waals surface area (Å²) in [6, 6.07) is 0. The van der Waals surface area contributed by atoms with Crippen molar-refractivity contribution >= 4 is 11.6 Å². The van der Waals surface area contributed by atoms with Crippen LogP contribution in [-0.4, -0.2) is 41.2 Å². The van der Waals surface area contributed by atoms with Gasteiger partial charge in [-0.2, -0.15) is 0 Å². The van der Waals surface area contributed by atoms with Crippen molar-refractivity contribution in [3.05, 3.63) is 11.9 Å². The van der Waals surface area contributed by atoms with Gasteiger partial charge in [-0.15, -0.1) is 0 Å². The van der Waals surface area contributed by atoms with Crippen LogP contribution in [0.4, 0.5) is 20.4 Å². The summed E-state index contributed by atoms with van der Waals surface area (Å²) in [6.45, 7) is 3.65. The van der Waals surface area contributed by atoms with E-state index >= 15 is 0 Å². The average Bonchev–Trinajstić information content (AvgIpc) is 2.34. The van der Waals surface area contributed by atoms with E-state index in [1.54, 1.807) is 7.05 Å². The number of aliphatic hydroxyl groups excluding tert-OH is 1. The number of alkyl halides is 2. The summed E-state index contributed by atoms with van der Waals surface area (Å²) < 4.78 is 24.4. The molecule has 1 heterocycles. The minimum Gasteiger partial charge on any atom is -0.385 e. The van der Waals surface area contributed by atoms with Crippen LogP contribution >= 0.6 is 0 Å². The summed E-state index contributed by atoms with van der Waals surface area (Å²) >= 11 is 0. The highest BCUT2D eigenvalue weighted by atomic mass is 19.3. The highest BCUT2D eigenvalue weighted by molar-refractivity contribution is 5.58. The van der Waals surface area contributed by atoms with Crippen molar-refractivity contribution in [1.29, 1.82) is 0 Å². The number of aliphatic hydroxyl groups is 1. The van der Waals surface area contributed by atoms with Crippen LogP contribution in [-0.2, 0) is 0 Å². The zero-order valence-electron chi connectivity index (χ0n) is 10.6. The Hall–Kier alpha value is -1.50. The van der Waals surface area contributed by atoms with Gasteiger partial charge in [0.25, 0.3) is 6.43 Å². The Morgan fingerprint density at radius 1 is 1.28 bits per heavy atom. The minimum atomic E-state index is -2.77. The second kappa shape index (κ2) is 6.44. The van der Waals surface area contributed by atoms with Gasteiger partial charge in [0, 0.05) is 19.2 Å². The number of hydrogen-bond acceptors (Lipinski definition) is 5. The molecule has 0 aromatic carbocycles. The number of hydrogen-bond donors (Lipinski definition) is 3. The molecular formula is C11H18F2N4O. The summed E-state index contributed by atoms with van der Waals surface area (Å²) in [5.41, 5.74) is 0.807. The van der Waals surface area contributed by atoms with Crippen LogP contribution < -0.4 is 10.6 Å². The van der Waals surface area contributed by atoms with Gasteiger partial charge in [0.1, 0.15) is 24.1 Å². The molecule has 0 bridgehead atoms. The Labute approximate surface area is 105 Å². The van der Waals surface area contributed by atoms with Gasteiger partial charge in [-0.05, 0) is 5.92 Å². The first-order valence-corrected chi connectivity index (χ1v) is 5.70. The third-order valence-electron chi connectivity index (χ3n) is 2.47. The van der Waals surface area contributed by atoms with E-state index < -0.39 is 12.5 Å². The van der Waals surface area contributed by atoms with E-state index in [0.717, 1.165) is 5.56 Å². The molecule has 1 aromatic heterocycles. The van der Waals surface area contributed by atoms with Gasteiger partial charge < -0.3 is 15.7 Å². The lowest BCUT2D eigenvalue weighted by atomic mass is 10.0. The largest absolute Gasteiger partial charge is 0.385 e. The molecule has 3 N–H and O–H groups in total. The van der Waals surface area contributed by atoms with E-state index in [0.29, 0.717) is 11.6 Å². The van der Waals surface area contributed by atoms with E-state index in [9.17, 15) is 8.78 Å². The van der Waals surface area contributed by atoms with Crippen LogP contribution in [0, 0.1) is 0 Å². The SMILES string of the molecule is CNc1ncnc(NCC(O)C(F)F)c1C(C)C. The van der Waals surface area contributed by atoms with Gasteiger partial charge in [0.15, 0.2) is 0 Å². The molecule has 0 saturated carbocycles. The van der Waals surface area contributed by atoms with E-state index in [-0.39, 0.29) is 12.5 Å². The first kappa shape index (κ1) is 14.6. The summed E-state index contributed by atoms with van der Waals surface area (Å²) in [5.74, 6) is 1.23. The minimum absolute atomic E-state index is 0.125. The molecule has 1 aromatic rings.